The van der Waals surface area contributed by atoms with E-state index in [1.54, 1.807) is 6.08 Å². The van der Waals surface area contributed by atoms with Crippen LogP contribution in [0.5, 0.6) is 0 Å². The van der Waals surface area contributed by atoms with E-state index >= 15 is 0 Å². The van der Waals surface area contributed by atoms with Gasteiger partial charge in [-0.25, -0.2) is 4.98 Å². The lowest BCUT2D eigenvalue weighted by Gasteiger charge is -2.31. The van der Waals surface area contributed by atoms with E-state index in [2.05, 4.69) is 170 Å². The zero-order valence-electron chi connectivity index (χ0n) is 35.0. The number of benzene rings is 8. The van der Waals surface area contributed by atoms with Gasteiger partial charge in [-0.3, -0.25) is 4.57 Å². The van der Waals surface area contributed by atoms with E-state index in [9.17, 15) is 0 Å². The fraction of sp³-hybridized carbons (Fsp3) is 0.0339. The molecule has 3 heterocycles. The van der Waals surface area contributed by atoms with Gasteiger partial charge in [0.05, 0.1) is 16.4 Å². The first kappa shape index (κ1) is 36.3. The topological polar surface area (TPSA) is 56.7 Å². The summed E-state index contributed by atoms with van der Waals surface area (Å²) in [5.41, 5.74) is 17.4. The van der Waals surface area contributed by atoms with Crippen LogP contribution in [-0.4, -0.2) is 19.5 Å². The largest absolute Gasteiger partial charge is 0.456 e. The number of aromatic nitrogens is 4. The van der Waals surface area contributed by atoms with Crippen LogP contribution >= 0.6 is 0 Å². The van der Waals surface area contributed by atoms with Gasteiger partial charge in [-0.05, 0) is 92.9 Å². The maximum Gasteiger partial charge on any atom is 0.238 e. The van der Waals surface area contributed by atoms with Gasteiger partial charge < -0.3 is 4.42 Å². The van der Waals surface area contributed by atoms with Crippen LogP contribution in [0.25, 0.3) is 100 Å². The Morgan fingerprint density at radius 3 is 1.92 bits per heavy atom. The van der Waals surface area contributed by atoms with Crippen molar-refractivity contribution in [2.45, 2.75) is 12.3 Å². The number of fused-ring (bicyclic) bond motifs is 17. The molecule has 64 heavy (non-hydrogen) atoms. The summed E-state index contributed by atoms with van der Waals surface area (Å²) in [7, 11) is 0. The Hall–Kier alpha value is -8.41. The molecule has 0 saturated carbocycles. The third-order valence-corrected chi connectivity index (χ3v) is 13.4. The average Bonchev–Trinajstić information content (AvgIpc) is 4.07. The molecule has 3 aromatic heterocycles. The summed E-state index contributed by atoms with van der Waals surface area (Å²) < 4.78 is 8.84. The van der Waals surface area contributed by atoms with Crippen LogP contribution in [0.2, 0.25) is 0 Å². The van der Waals surface area contributed by atoms with Crippen LogP contribution in [-0.2, 0) is 5.41 Å². The van der Waals surface area contributed by atoms with Gasteiger partial charge in [0, 0.05) is 32.7 Å². The molecule has 2 aliphatic carbocycles. The molecule has 0 unspecified atom stereocenters. The molecule has 11 aromatic rings. The summed E-state index contributed by atoms with van der Waals surface area (Å²) in [6, 6.07) is 63.0. The molecule has 2 aliphatic rings. The number of para-hydroxylation sites is 1. The lowest BCUT2D eigenvalue weighted by Crippen LogP contribution is -2.26. The van der Waals surface area contributed by atoms with Crippen molar-refractivity contribution in [3.05, 3.63) is 235 Å². The molecule has 0 aliphatic heterocycles. The van der Waals surface area contributed by atoms with Crippen molar-refractivity contribution in [2.24, 2.45) is 0 Å². The number of rotatable bonds is 6. The highest BCUT2D eigenvalue weighted by molar-refractivity contribution is 6.16. The molecule has 300 valence electrons. The molecule has 13 rings (SSSR count). The number of furan rings is 1. The minimum absolute atomic E-state index is 0.522. The Morgan fingerprint density at radius 2 is 1.19 bits per heavy atom. The lowest BCUT2D eigenvalue weighted by atomic mass is 9.69. The smallest absolute Gasteiger partial charge is 0.238 e. The number of hydrogen-bond donors (Lipinski definition) is 0. The van der Waals surface area contributed by atoms with E-state index in [0.717, 1.165) is 60.6 Å². The second kappa shape index (κ2) is 13.8. The first-order valence-electron chi connectivity index (χ1n) is 21.7. The van der Waals surface area contributed by atoms with Crippen LogP contribution in [0, 0.1) is 0 Å². The first-order chi connectivity index (χ1) is 31.6. The standard InChI is InChI=1S/C59H38N4O/c1-3-4-6-18-36(2)39-25-17-30-51-53(39)45-32-31-38(35-52(45)64-51)57-60-56(37-19-7-5-8-20-37)61-58(62-57)63-49-29-16-12-24-44(49)54-50(63)34-33-43-42-23-11-15-28-48(42)59(55(43)54)46-26-13-9-21-40(46)41-22-10-14-27-47(41)59/h3-35H,1H2,2H3/b6-4-,36-18+. The molecule has 5 heteroatoms. The van der Waals surface area contributed by atoms with Crippen molar-refractivity contribution in [3.8, 4) is 51.0 Å². The monoisotopic (exact) mass is 818 g/mol. The molecule has 1 spiro atoms. The van der Waals surface area contributed by atoms with Gasteiger partial charge in [-0.2, -0.15) is 9.97 Å². The summed E-state index contributed by atoms with van der Waals surface area (Å²) in [5, 5.41) is 4.46. The second-order valence-corrected chi connectivity index (χ2v) is 16.7. The fourth-order valence-electron chi connectivity index (χ4n) is 10.8. The minimum atomic E-state index is -0.522. The molecule has 0 bridgehead atoms. The zero-order chi connectivity index (χ0) is 42.5. The quantitative estimate of drug-likeness (QED) is 0.157. The van der Waals surface area contributed by atoms with Crippen molar-refractivity contribution in [1.82, 2.24) is 19.5 Å². The lowest BCUT2D eigenvalue weighted by molar-refractivity contribution is 0.669. The molecular weight excluding hydrogens is 781 g/mol. The molecule has 0 radical (unpaired) electrons. The fourth-order valence-corrected chi connectivity index (χ4v) is 10.8. The number of allylic oxidation sites excluding steroid dienone is 5. The van der Waals surface area contributed by atoms with Gasteiger partial charge in [0.1, 0.15) is 11.2 Å². The van der Waals surface area contributed by atoms with Crippen LogP contribution < -0.4 is 0 Å². The van der Waals surface area contributed by atoms with E-state index in [-0.39, 0.29) is 0 Å². The van der Waals surface area contributed by atoms with Gasteiger partial charge in [-0.1, -0.05) is 176 Å². The Morgan fingerprint density at radius 1 is 0.531 bits per heavy atom. The Labute approximate surface area is 369 Å². The van der Waals surface area contributed by atoms with Gasteiger partial charge in [0.2, 0.25) is 5.95 Å². The molecule has 0 atom stereocenters. The van der Waals surface area contributed by atoms with Gasteiger partial charge in [-0.15, -0.1) is 0 Å². The van der Waals surface area contributed by atoms with Gasteiger partial charge >= 0.3 is 0 Å². The van der Waals surface area contributed by atoms with Crippen LogP contribution in [0.1, 0.15) is 34.7 Å². The second-order valence-electron chi connectivity index (χ2n) is 16.7. The Bertz CT molecular complexity index is 3760. The van der Waals surface area contributed by atoms with Gasteiger partial charge in [0.25, 0.3) is 0 Å². The van der Waals surface area contributed by atoms with Crippen LogP contribution in [0.15, 0.2) is 211 Å². The average molecular weight is 819 g/mol. The highest BCUT2D eigenvalue weighted by Crippen LogP contribution is 2.64. The van der Waals surface area contributed by atoms with Crippen molar-refractivity contribution in [2.75, 3.05) is 0 Å². The summed E-state index contributed by atoms with van der Waals surface area (Å²) in [6.45, 7) is 5.94. The Kier molecular flexibility index (Phi) is 7.82. The maximum absolute atomic E-state index is 6.59. The third-order valence-electron chi connectivity index (χ3n) is 13.4. The van der Waals surface area contributed by atoms with E-state index in [0.29, 0.717) is 17.6 Å². The van der Waals surface area contributed by atoms with Crippen molar-refractivity contribution >= 4 is 49.3 Å². The predicted molar refractivity (Wildman–Crippen MR) is 262 cm³/mol. The summed E-state index contributed by atoms with van der Waals surface area (Å²) in [5.74, 6) is 1.70. The highest BCUT2D eigenvalue weighted by atomic mass is 16.3. The van der Waals surface area contributed by atoms with Crippen molar-refractivity contribution < 1.29 is 4.42 Å². The number of hydrogen-bond acceptors (Lipinski definition) is 4. The number of nitrogens with zero attached hydrogens (tertiary/aromatic N) is 4. The Balaban J connectivity index is 1.07. The molecule has 0 saturated heterocycles. The third kappa shape index (κ3) is 4.98. The first-order valence-corrected chi connectivity index (χ1v) is 21.7. The maximum atomic E-state index is 6.59. The molecule has 0 N–H and O–H groups in total. The summed E-state index contributed by atoms with van der Waals surface area (Å²) in [4.78, 5) is 15.9. The predicted octanol–water partition coefficient (Wildman–Crippen LogP) is 14.7. The van der Waals surface area contributed by atoms with Crippen molar-refractivity contribution in [1.29, 1.82) is 0 Å². The highest BCUT2D eigenvalue weighted by Gasteiger charge is 2.52. The minimum Gasteiger partial charge on any atom is -0.456 e. The SMILES string of the molecule is C=C/C=C\C=C(/C)c1cccc2oc3cc(-c4nc(-c5ccccc5)nc(-n5c6ccccc6c6c7c(ccc65)-c5ccccc5C75c6ccccc6-c6ccccc65)n4)ccc3c12. The zero-order valence-corrected chi connectivity index (χ0v) is 35.0. The van der Waals surface area contributed by atoms with E-state index in [1.165, 1.54) is 49.9 Å². The molecular formula is C59H38N4O. The van der Waals surface area contributed by atoms with Crippen LogP contribution in [0.4, 0.5) is 0 Å². The van der Waals surface area contributed by atoms with Gasteiger partial charge in [0.15, 0.2) is 11.6 Å². The van der Waals surface area contributed by atoms with E-state index < -0.39 is 5.41 Å². The summed E-state index contributed by atoms with van der Waals surface area (Å²) in [6.07, 6.45) is 7.84. The van der Waals surface area contributed by atoms with E-state index in [4.69, 9.17) is 19.4 Å². The van der Waals surface area contributed by atoms with Crippen LogP contribution in [0.3, 0.4) is 0 Å². The molecule has 5 nitrogen and oxygen atoms in total. The molecule has 0 fully saturated rings. The summed E-state index contributed by atoms with van der Waals surface area (Å²) >= 11 is 0. The van der Waals surface area contributed by atoms with E-state index in [1.807, 2.05) is 42.5 Å². The normalized spacial score (nSPS) is 13.6. The molecule has 8 aromatic carbocycles. The molecule has 0 amide bonds. The van der Waals surface area contributed by atoms with Crippen molar-refractivity contribution in [3.63, 3.8) is 0 Å².